The highest BCUT2D eigenvalue weighted by molar-refractivity contribution is 5.91. The van der Waals surface area contributed by atoms with Crippen LogP contribution in [0.3, 0.4) is 0 Å². The number of rotatable bonds is 5. The van der Waals surface area contributed by atoms with Crippen molar-refractivity contribution in [1.82, 2.24) is 20.4 Å². The Bertz CT molecular complexity index is 491. The highest BCUT2D eigenvalue weighted by Gasteiger charge is 2.27. The molecule has 1 saturated heterocycles. The van der Waals surface area contributed by atoms with E-state index in [0.717, 1.165) is 31.9 Å². The lowest BCUT2D eigenvalue weighted by Crippen LogP contribution is -2.54. The SMILES string of the molecule is CCC1CN(c2ccc(C(=O)NC)nn2)CCN1CC(C)O. The van der Waals surface area contributed by atoms with E-state index in [4.69, 9.17) is 0 Å². The van der Waals surface area contributed by atoms with Crippen molar-refractivity contribution in [3.05, 3.63) is 17.8 Å². The van der Waals surface area contributed by atoms with Gasteiger partial charge in [-0.25, -0.2) is 0 Å². The summed E-state index contributed by atoms with van der Waals surface area (Å²) < 4.78 is 0. The first kappa shape index (κ1) is 16.6. The van der Waals surface area contributed by atoms with Crippen LogP contribution in [0.15, 0.2) is 12.1 Å². The number of nitrogens with one attached hydrogen (secondary N) is 1. The summed E-state index contributed by atoms with van der Waals surface area (Å²) in [6.07, 6.45) is 0.708. The molecule has 1 amide bonds. The number of aliphatic hydroxyl groups excluding tert-OH is 1. The first-order valence-electron chi connectivity index (χ1n) is 7.78. The number of β-amino-alcohol motifs (C(OH)–C–C–N with tert-alkyl or cyclic N) is 1. The summed E-state index contributed by atoms with van der Waals surface area (Å²) in [6, 6.07) is 3.93. The van der Waals surface area contributed by atoms with Crippen molar-refractivity contribution in [2.45, 2.75) is 32.4 Å². The van der Waals surface area contributed by atoms with Gasteiger partial charge in [-0.3, -0.25) is 9.69 Å². The predicted octanol–water partition coefficient (Wildman–Crippen LogP) is 0.118. The van der Waals surface area contributed by atoms with E-state index in [-0.39, 0.29) is 12.0 Å². The highest BCUT2D eigenvalue weighted by atomic mass is 16.3. The Morgan fingerprint density at radius 2 is 2.23 bits per heavy atom. The third-order valence-electron chi connectivity index (χ3n) is 4.01. The lowest BCUT2D eigenvalue weighted by molar-refractivity contribution is 0.0884. The number of piperazine rings is 1. The van der Waals surface area contributed by atoms with Crippen LogP contribution in [0.5, 0.6) is 0 Å². The third kappa shape index (κ3) is 3.92. The van der Waals surface area contributed by atoms with Gasteiger partial charge in [0.25, 0.3) is 5.91 Å². The average Bonchev–Trinajstić information content (AvgIpc) is 2.54. The van der Waals surface area contributed by atoms with Crippen molar-refractivity contribution in [1.29, 1.82) is 0 Å². The number of nitrogens with zero attached hydrogens (tertiary/aromatic N) is 4. The molecule has 0 aliphatic carbocycles. The minimum Gasteiger partial charge on any atom is -0.392 e. The van der Waals surface area contributed by atoms with Crippen LogP contribution in [0.2, 0.25) is 0 Å². The van der Waals surface area contributed by atoms with Gasteiger partial charge in [-0.05, 0) is 25.5 Å². The second kappa shape index (κ2) is 7.51. The molecule has 1 aromatic rings. The van der Waals surface area contributed by atoms with Crippen molar-refractivity contribution in [3.63, 3.8) is 0 Å². The van der Waals surface area contributed by atoms with Crippen LogP contribution in [-0.2, 0) is 0 Å². The summed E-state index contributed by atoms with van der Waals surface area (Å²) >= 11 is 0. The maximum Gasteiger partial charge on any atom is 0.271 e. The number of carbonyl (C=O) groups is 1. The summed E-state index contributed by atoms with van der Waals surface area (Å²) in [5, 5.41) is 20.3. The van der Waals surface area contributed by atoms with Gasteiger partial charge in [0.2, 0.25) is 0 Å². The molecule has 7 nitrogen and oxygen atoms in total. The Morgan fingerprint density at radius 3 is 2.77 bits per heavy atom. The van der Waals surface area contributed by atoms with Crippen LogP contribution >= 0.6 is 0 Å². The first-order chi connectivity index (χ1) is 10.5. The van der Waals surface area contributed by atoms with Crippen LogP contribution in [0.25, 0.3) is 0 Å². The van der Waals surface area contributed by atoms with E-state index < -0.39 is 0 Å². The number of aromatic nitrogens is 2. The molecular weight excluding hydrogens is 282 g/mol. The quantitative estimate of drug-likeness (QED) is 0.804. The molecule has 2 unspecified atom stereocenters. The van der Waals surface area contributed by atoms with E-state index in [9.17, 15) is 9.90 Å². The molecule has 0 bridgehead atoms. The average molecular weight is 307 g/mol. The molecule has 1 aliphatic rings. The number of aliphatic hydroxyl groups is 1. The summed E-state index contributed by atoms with van der Waals surface area (Å²) in [5.74, 6) is 0.565. The second-order valence-electron chi connectivity index (χ2n) is 5.71. The van der Waals surface area contributed by atoms with Crippen LogP contribution in [0, 0.1) is 0 Å². The molecule has 2 rings (SSSR count). The summed E-state index contributed by atoms with van der Waals surface area (Å²) in [7, 11) is 1.57. The molecule has 2 heterocycles. The van der Waals surface area contributed by atoms with Crippen molar-refractivity contribution in [2.24, 2.45) is 0 Å². The Labute approximate surface area is 131 Å². The molecule has 1 aromatic heterocycles. The molecule has 7 heteroatoms. The van der Waals surface area contributed by atoms with Gasteiger partial charge in [0.1, 0.15) is 0 Å². The van der Waals surface area contributed by atoms with Crippen molar-refractivity contribution in [3.8, 4) is 0 Å². The van der Waals surface area contributed by atoms with Crippen molar-refractivity contribution >= 4 is 11.7 Å². The number of hydrogen-bond donors (Lipinski definition) is 2. The van der Waals surface area contributed by atoms with E-state index in [1.54, 1.807) is 13.1 Å². The minimum absolute atomic E-state index is 0.229. The lowest BCUT2D eigenvalue weighted by atomic mass is 10.1. The number of hydrogen-bond acceptors (Lipinski definition) is 6. The van der Waals surface area contributed by atoms with E-state index in [0.29, 0.717) is 18.3 Å². The van der Waals surface area contributed by atoms with Gasteiger partial charge in [-0.1, -0.05) is 6.92 Å². The number of anilines is 1. The molecule has 22 heavy (non-hydrogen) atoms. The van der Waals surface area contributed by atoms with Gasteiger partial charge in [0.15, 0.2) is 11.5 Å². The fourth-order valence-electron chi connectivity index (χ4n) is 2.81. The zero-order chi connectivity index (χ0) is 16.1. The second-order valence-corrected chi connectivity index (χ2v) is 5.71. The molecule has 1 aliphatic heterocycles. The fraction of sp³-hybridized carbons (Fsp3) is 0.667. The van der Waals surface area contributed by atoms with Gasteiger partial charge in [0.05, 0.1) is 6.10 Å². The van der Waals surface area contributed by atoms with Gasteiger partial charge < -0.3 is 15.3 Å². The molecule has 2 atom stereocenters. The normalized spacial score (nSPS) is 20.7. The van der Waals surface area contributed by atoms with E-state index in [1.165, 1.54) is 0 Å². The zero-order valence-electron chi connectivity index (χ0n) is 13.5. The molecule has 1 fully saturated rings. The number of amides is 1. The lowest BCUT2D eigenvalue weighted by Gasteiger charge is -2.42. The zero-order valence-corrected chi connectivity index (χ0v) is 13.5. The maximum atomic E-state index is 11.5. The van der Waals surface area contributed by atoms with Gasteiger partial charge in [0, 0.05) is 39.3 Å². The number of carbonyl (C=O) groups excluding carboxylic acids is 1. The van der Waals surface area contributed by atoms with Gasteiger partial charge >= 0.3 is 0 Å². The van der Waals surface area contributed by atoms with Gasteiger partial charge in [-0.2, -0.15) is 0 Å². The van der Waals surface area contributed by atoms with Crippen molar-refractivity contribution in [2.75, 3.05) is 38.1 Å². The standard InChI is InChI=1S/C15H25N5O2/c1-4-12-10-20(8-7-19(12)9-11(2)21)14-6-5-13(17-18-14)15(22)16-3/h5-6,11-12,21H,4,7-10H2,1-3H3,(H,16,22). The maximum absolute atomic E-state index is 11.5. The molecule has 0 aromatic carbocycles. The molecule has 2 N–H and O–H groups in total. The highest BCUT2D eigenvalue weighted by Crippen LogP contribution is 2.18. The minimum atomic E-state index is -0.313. The Hall–Kier alpha value is -1.73. The van der Waals surface area contributed by atoms with Crippen LogP contribution < -0.4 is 10.2 Å². The molecular formula is C15H25N5O2. The smallest absolute Gasteiger partial charge is 0.271 e. The topological polar surface area (TPSA) is 81.6 Å². The molecule has 0 spiro atoms. The monoisotopic (exact) mass is 307 g/mol. The van der Waals surface area contributed by atoms with E-state index in [2.05, 4.69) is 32.2 Å². The van der Waals surface area contributed by atoms with Crippen molar-refractivity contribution < 1.29 is 9.90 Å². The Kier molecular flexibility index (Phi) is 5.68. The van der Waals surface area contributed by atoms with Crippen LogP contribution in [0.4, 0.5) is 5.82 Å². The summed E-state index contributed by atoms with van der Waals surface area (Å²) in [5.41, 5.74) is 0.325. The van der Waals surface area contributed by atoms with Crippen LogP contribution in [-0.4, -0.2) is 71.5 Å². The largest absolute Gasteiger partial charge is 0.392 e. The summed E-state index contributed by atoms with van der Waals surface area (Å²) in [4.78, 5) is 16.0. The first-order valence-corrected chi connectivity index (χ1v) is 7.78. The van der Waals surface area contributed by atoms with E-state index >= 15 is 0 Å². The van der Waals surface area contributed by atoms with E-state index in [1.807, 2.05) is 13.0 Å². The Morgan fingerprint density at radius 1 is 1.45 bits per heavy atom. The third-order valence-corrected chi connectivity index (χ3v) is 4.01. The Balaban J connectivity index is 2.03. The van der Waals surface area contributed by atoms with Crippen LogP contribution in [0.1, 0.15) is 30.8 Å². The predicted molar refractivity (Wildman–Crippen MR) is 85.0 cm³/mol. The summed E-state index contributed by atoms with van der Waals surface area (Å²) in [6.45, 7) is 7.27. The fourth-order valence-corrected chi connectivity index (χ4v) is 2.81. The molecule has 122 valence electrons. The molecule has 0 radical (unpaired) electrons. The molecule has 0 saturated carbocycles. The van der Waals surface area contributed by atoms with Gasteiger partial charge in [-0.15, -0.1) is 10.2 Å².